The molecule has 1 unspecified atom stereocenters. The Morgan fingerprint density at radius 2 is 2.13 bits per heavy atom. The number of oxazole rings is 1. The first kappa shape index (κ1) is 8.68. The number of nitrogens with two attached hydrogens (primary N) is 1. The summed E-state index contributed by atoms with van der Waals surface area (Å²) in [4.78, 5) is 4.13. The SMILES string of the molecule is NC1Cc2ccc(-c3ncco3)cc2C1. The normalized spacial score (nSPS) is 19.1. The van der Waals surface area contributed by atoms with E-state index in [4.69, 9.17) is 10.2 Å². The molecule has 0 fully saturated rings. The molecule has 0 aliphatic heterocycles. The quantitative estimate of drug-likeness (QED) is 0.763. The van der Waals surface area contributed by atoms with E-state index in [1.54, 1.807) is 12.5 Å². The van der Waals surface area contributed by atoms with E-state index in [9.17, 15) is 0 Å². The Balaban J connectivity index is 2.04. The predicted octanol–water partition coefficient (Wildman–Crippen LogP) is 1.77. The van der Waals surface area contributed by atoms with Gasteiger partial charge in [0.2, 0.25) is 5.89 Å². The van der Waals surface area contributed by atoms with Gasteiger partial charge in [0.15, 0.2) is 0 Å². The molecule has 1 aliphatic carbocycles. The van der Waals surface area contributed by atoms with Crippen molar-refractivity contribution in [2.45, 2.75) is 18.9 Å². The van der Waals surface area contributed by atoms with Crippen molar-refractivity contribution in [3.63, 3.8) is 0 Å². The van der Waals surface area contributed by atoms with Crippen LogP contribution in [-0.4, -0.2) is 11.0 Å². The van der Waals surface area contributed by atoms with Crippen LogP contribution in [0.1, 0.15) is 11.1 Å². The summed E-state index contributed by atoms with van der Waals surface area (Å²) >= 11 is 0. The fourth-order valence-electron chi connectivity index (χ4n) is 2.15. The Labute approximate surface area is 87.9 Å². The molecule has 0 bridgehead atoms. The van der Waals surface area contributed by atoms with Gasteiger partial charge in [0.25, 0.3) is 0 Å². The molecule has 0 spiro atoms. The molecule has 0 amide bonds. The van der Waals surface area contributed by atoms with Gasteiger partial charge in [-0.25, -0.2) is 4.98 Å². The molecule has 1 aliphatic rings. The second-order valence-corrected chi connectivity index (χ2v) is 3.99. The molecule has 0 radical (unpaired) electrons. The fraction of sp³-hybridized carbons (Fsp3) is 0.250. The Hall–Kier alpha value is -1.61. The predicted molar refractivity (Wildman–Crippen MR) is 57.3 cm³/mol. The van der Waals surface area contributed by atoms with Crippen LogP contribution in [0.5, 0.6) is 0 Å². The van der Waals surface area contributed by atoms with E-state index in [0.29, 0.717) is 5.89 Å². The summed E-state index contributed by atoms with van der Waals surface area (Å²) in [6.45, 7) is 0. The average molecular weight is 200 g/mol. The third-order valence-corrected chi connectivity index (χ3v) is 2.85. The Morgan fingerprint density at radius 3 is 2.93 bits per heavy atom. The van der Waals surface area contributed by atoms with E-state index < -0.39 is 0 Å². The molecule has 2 aromatic rings. The van der Waals surface area contributed by atoms with Crippen molar-refractivity contribution in [2.24, 2.45) is 5.73 Å². The third-order valence-electron chi connectivity index (χ3n) is 2.85. The zero-order valence-electron chi connectivity index (χ0n) is 8.31. The summed E-state index contributed by atoms with van der Waals surface area (Å²) in [5.41, 5.74) is 9.64. The molecule has 0 saturated heterocycles. The lowest BCUT2D eigenvalue weighted by Crippen LogP contribution is -2.18. The highest BCUT2D eigenvalue weighted by atomic mass is 16.3. The van der Waals surface area contributed by atoms with Crippen LogP contribution in [0.25, 0.3) is 11.5 Å². The van der Waals surface area contributed by atoms with Crippen LogP contribution in [-0.2, 0) is 12.8 Å². The number of hydrogen-bond acceptors (Lipinski definition) is 3. The molecule has 15 heavy (non-hydrogen) atoms. The molecule has 1 aromatic carbocycles. The van der Waals surface area contributed by atoms with E-state index in [1.807, 2.05) is 6.07 Å². The monoisotopic (exact) mass is 200 g/mol. The average Bonchev–Trinajstić information content (AvgIpc) is 2.82. The number of aromatic nitrogens is 1. The Morgan fingerprint density at radius 1 is 1.27 bits per heavy atom. The van der Waals surface area contributed by atoms with Crippen molar-refractivity contribution in [1.29, 1.82) is 0 Å². The summed E-state index contributed by atoms with van der Waals surface area (Å²) in [6, 6.07) is 6.58. The van der Waals surface area contributed by atoms with Crippen LogP contribution in [0.4, 0.5) is 0 Å². The first-order valence-electron chi connectivity index (χ1n) is 5.10. The zero-order chi connectivity index (χ0) is 10.3. The molecular weight excluding hydrogens is 188 g/mol. The summed E-state index contributed by atoms with van der Waals surface area (Å²) < 4.78 is 5.26. The number of fused-ring (bicyclic) bond motifs is 1. The van der Waals surface area contributed by atoms with Crippen molar-refractivity contribution >= 4 is 0 Å². The largest absolute Gasteiger partial charge is 0.445 e. The van der Waals surface area contributed by atoms with E-state index in [0.717, 1.165) is 18.4 Å². The van der Waals surface area contributed by atoms with Crippen LogP contribution in [0.2, 0.25) is 0 Å². The van der Waals surface area contributed by atoms with Crippen LogP contribution < -0.4 is 5.73 Å². The minimum atomic E-state index is 0.278. The standard InChI is InChI=1S/C12H12N2O/c13-11-6-8-1-2-9(5-10(8)7-11)12-14-3-4-15-12/h1-5,11H,6-7,13H2. The smallest absolute Gasteiger partial charge is 0.225 e. The fourth-order valence-corrected chi connectivity index (χ4v) is 2.15. The molecule has 3 nitrogen and oxygen atoms in total. The molecule has 76 valence electrons. The van der Waals surface area contributed by atoms with E-state index in [2.05, 4.69) is 17.1 Å². The van der Waals surface area contributed by atoms with Gasteiger partial charge in [-0.15, -0.1) is 0 Å². The third kappa shape index (κ3) is 1.45. The van der Waals surface area contributed by atoms with Gasteiger partial charge in [-0.05, 0) is 36.1 Å². The first-order valence-corrected chi connectivity index (χ1v) is 5.10. The zero-order valence-corrected chi connectivity index (χ0v) is 8.31. The first-order chi connectivity index (χ1) is 7.33. The molecular formula is C12H12N2O. The van der Waals surface area contributed by atoms with E-state index in [-0.39, 0.29) is 6.04 Å². The molecule has 1 atom stereocenters. The summed E-state index contributed by atoms with van der Waals surface area (Å²) in [5.74, 6) is 0.679. The number of rotatable bonds is 1. The van der Waals surface area contributed by atoms with Gasteiger partial charge >= 0.3 is 0 Å². The molecule has 2 N–H and O–H groups in total. The maximum absolute atomic E-state index is 5.91. The van der Waals surface area contributed by atoms with Gasteiger partial charge in [0.05, 0.1) is 6.20 Å². The van der Waals surface area contributed by atoms with Crippen LogP contribution in [0, 0.1) is 0 Å². The number of hydrogen-bond donors (Lipinski definition) is 1. The summed E-state index contributed by atoms with van der Waals surface area (Å²) in [6.07, 6.45) is 5.20. The van der Waals surface area contributed by atoms with Crippen molar-refractivity contribution in [2.75, 3.05) is 0 Å². The maximum atomic E-state index is 5.91. The van der Waals surface area contributed by atoms with E-state index >= 15 is 0 Å². The highest BCUT2D eigenvalue weighted by Crippen LogP contribution is 2.26. The number of benzene rings is 1. The second kappa shape index (κ2) is 3.21. The molecule has 1 heterocycles. The Bertz CT molecular complexity index is 476. The summed E-state index contributed by atoms with van der Waals surface area (Å²) in [5, 5.41) is 0. The van der Waals surface area contributed by atoms with Crippen molar-refractivity contribution in [1.82, 2.24) is 4.98 Å². The topological polar surface area (TPSA) is 52.0 Å². The van der Waals surface area contributed by atoms with Crippen molar-refractivity contribution < 1.29 is 4.42 Å². The van der Waals surface area contributed by atoms with Gasteiger partial charge in [-0.3, -0.25) is 0 Å². The molecule has 3 rings (SSSR count). The highest BCUT2D eigenvalue weighted by molar-refractivity contribution is 5.56. The summed E-state index contributed by atoms with van der Waals surface area (Å²) in [7, 11) is 0. The lowest BCUT2D eigenvalue weighted by atomic mass is 10.1. The second-order valence-electron chi connectivity index (χ2n) is 3.99. The van der Waals surface area contributed by atoms with E-state index in [1.165, 1.54) is 11.1 Å². The van der Waals surface area contributed by atoms with Gasteiger partial charge in [-0.1, -0.05) is 6.07 Å². The minimum absolute atomic E-state index is 0.278. The van der Waals surface area contributed by atoms with Crippen LogP contribution in [0.3, 0.4) is 0 Å². The lowest BCUT2D eigenvalue weighted by molar-refractivity contribution is 0.574. The van der Waals surface area contributed by atoms with Crippen molar-refractivity contribution in [3.8, 4) is 11.5 Å². The lowest BCUT2D eigenvalue weighted by Gasteiger charge is -2.00. The van der Waals surface area contributed by atoms with Crippen LogP contribution in [0.15, 0.2) is 35.1 Å². The highest BCUT2D eigenvalue weighted by Gasteiger charge is 2.18. The van der Waals surface area contributed by atoms with Gasteiger partial charge in [-0.2, -0.15) is 0 Å². The van der Waals surface area contributed by atoms with Gasteiger partial charge in [0.1, 0.15) is 6.26 Å². The molecule has 3 heteroatoms. The van der Waals surface area contributed by atoms with Gasteiger partial charge < -0.3 is 10.2 Å². The van der Waals surface area contributed by atoms with Gasteiger partial charge in [0, 0.05) is 11.6 Å². The minimum Gasteiger partial charge on any atom is -0.445 e. The molecule has 1 aromatic heterocycles. The number of nitrogens with zero attached hydrogens (tertiary/aromatic N) is 1. The van der Waals surface area contributed by atoms with Crippen LogP contribution >= 0.6 is 0 Å². The molecule has 0 saturated carbocycles. The van der Waals surface area contributed by atoms with Crippen molar-refractivity contribution in [3.05, 3.63) is 41.8 Å². The Kier molecular flexibility index (Phi) is 1.86. The maximum Gasteiger partial charge on any atom is 0.225 e.